The summed E-state index contributed by atoms with van der Waals surface area (Å²) in [4.78, 5) is 25.2. The summed E-state index contributed by atoms with van der Waals surface area (Å²) in [5.74, 6) is -0.558. The van der Waals surface area contributed by atoms with Gasteiger partial charge in [0.1, 0.15) is 6.61 Å². The fraction of sp³-hybridized carbons (Fsp3) is 0.0690. The number of thioether (sulfide) groups is 1. The molecule has 1 N–H and O–H groups in total. The van der Waals surface area contributed by atoms with Crippen molar-refractivity contribution in [3.63, 3.8) is 0 Å². The number of anilines is 1. The Morgan fingerprint density at radius 1 is 0.951 bits per heavy atom. The quantitative estimate of drug-likeness (QED) is 0.113. The normalized spacial score (nSPS) is 13.9. The lowest BCUT2D eigenvalue weighted by Crippen LogP contribution is -2.18. The number of carbonyl (C=O) groups excluding carboxylic acids is 1. The summed E-state index contributed by atoms with van der Waals surface area (Å²) in [6.45, 7) is 0.175. The molecule has 41 heavy (non-hydrogen) atoms. The van der Waals surface area contributed by atoms with E-state index in [1.807, 2.05) is 30.3 Å². The van der Waals surface area contributed by atoms with Crippen molar-refractivity contribution in [2.24, 2.45) is 0 Å². The van der Waals surface area contributed by atoms with Gasteiger partial charge in [-0.15, -0.1) is 0 Å². The number of hydrogen-bond donors (Lipinski definition) is 1. The van der Waals surface area contributed by atoms with Crippen LogP contribution in [0.25, 0.3) is 6.08 Å². The molecule has 1 aliphatic rings. The Bertz CT molecular complexity index is 1790. The first-order valence-electron chi connectivity index (χ1n) is 12.1. The predicted molar refractivity (Wildman–Crippen MR) is 166 cm³/mol. The van der Waals surface area contributed by atoms with Gasteiger partial charge in [-0.3, -0.25) is 14.9 Å². The molecule has 208 valence electrons. The van der Waals surface area contributed by atoms with Gasteiger partial charge in [-0.05, 0) is 59.2 Å². The minimum absolute atomic E-state index is 0.0777. The van der Waals surface area contributed by atoms with Crippen LogP contribution < -0.4 is 10.1 Å². The Morgan fingerprint density at radius 2 is 1.68 bits per heavy atom. The SMILES string of the molecule is O=C1Nc2cc(S(=O)(=O)Cc3c(Br)cccc3Br)ccc2SC1=Cc1ccc(OCc2ccccc2)c([N+](=O)[O-])c1. The van der Waals surface area contributed by atoms with E-state index in [0.717, 1.165) is 17.3 Å². The van der Waals surface area contributed by atoms with Crippen LogP contribution in [0, 0.1) is 10.1 Å². The molecule has 0 bridgehead atoms. The van der Waals surface area contributed by atoms with Gasteiger partial charge in [0.2, 0.25) is 0 Å². The topological polar surface area (TPSA) is 116 Å². The van der Waals surface area contributed by atoms with Crippen LogP contribution in [0.4, 0.5) is 11.4 Å². The zero-order valence-electron chi connectivity index (χ0n) is 21.0. The number of nitro benzene ring substituents is 1. The number of amides is 1. The Labute approximate surface area is 257 Å². The molecule has 8 nitrogen and oxygen atoms in total. The molecule has 0 saturated heterocycles. The van der Waals surface area contributed by atoms with Crippen molar-refractivity contribution < 1.29 is 22.9 Å². The van der Waals surface area contributed by atoms with Crippen molar-refractivity contribution in [2.75, 3.05) is 5.32 Å². The average molecular weight is 716 g/mol. The Kier molecular flexibility index (Phi) is 8.64. The van der Waals surface area contributed by atoms with E-state index in [0.29, 0.717) is 35.6 Å². The van der Waals surface area contributed by atoms with Gasteiger partial charge in [0.05, 0.1) is 26.2 Å². The summed E-state index contributed by atoms with van der Waals surface area (Å²) in [5.41, 5.74) is 2.07. The molecule has 4 aromatic rings. The summed E-state index contributed by atoms with van der Waals surface area (Å²) in [7, 11) is -3.72. The van der Waals surface area contributed by atoms with Crippen LogP contribution in [-0.2, 0) is 27.0 Å². The first kappa shape index (κ1) is 29.1. The number of rotatable bonds is 8. The summed E-state index contributed by atoms with van der Waals surface area (Å²) in [5, 5.41) is 14.5. The van der Waals surface area contributed by atoms with Crippen molar-refractivity contribution in [1.29, 1.82) is 0 Å². The fourth-order valence-corrected chi connectivity index (χ4v) is 8.06. The number of sulfone groups is 1. The second kappa shape index (κ2) is 12.2. The van der Waals surface area contributed by atoms with Gasteiger partial charge in [-0.1, -0.05) is 86.1 Å². The van der Waals surface area contributed by atoms with Gasteiger partial charge in [0.15, 0.2) is 15.6 Å². The Hall–Kier alpha value is -3.45. The van der Waals surface area contributed by atoms with Gasteiger partial charge in [0.25, 0.3) is 5.91 Å². The number of halogens is 2. The highest BCUT2D eigenvalue weighted by Crippen LogP contribution is 2.41. The number of nitrogens with zero attached hydrogens (tertiary/aromatic N) is 1. The molecule has 4 aromatic carbocycles. The van der Waals surface area contributed by atoms with Crippen LogP contribution in [0.3, 0.4) is 0 Å². The third-order valence-electron chi connectivity index (χ3n) is 6.11. The monoisotopic (exact) mass is 714 g/mol. The fourth-order valence-electron chi connectivity index (χ4n) is 4.05. The van der Waals surface area contributed by atoms with Gasteiger partial charge in [-0.25, -0.2) is 8.42 Å². The number of nitro groups is 1. The average Bonchev–Trinajstić information content (AvgIpc) is 2.95. The van der Waals surface area contributed by atoms with Crippen molar-refractivity contribution in [3.05, 3.63) is 126 Å². The third-order valence-corrected chi connectivity index (χ3v) is 10.3. The summed E-state index contributed by atoms with van der Waals surface area (Å²) < 4.78 is 33.4. The molecule has 0 aromatic heterocycles. The third kappa shape index (κ3) is 6.72. The van der Waals surface area contributed by atoms with Crippen LogP contribution in [0.1, 0.15) is 16.7 Å². The molecular weight excluding hydrogens is 696 g/mol. The molecule has 1 heterocycles. The highest BCUT2D eigenvalue weighted by molar-refractivity contribution is 9.11. The number of nitrogens with one attached hydrogen (secondary N) is 1. The summed E-state index contributed by atoms with van der Waals surface area (Å²) in [6.07, 6.45) is 1.55. The predicted octanol–water partition coefficient (Wildman–Crippen LogP) is 7.76. The smallest absolute Gasteiger partial charge is 0.311 e. The second-order valence-corrected chi connectivity index (χ2v) is 13.7. The van der Waals surface area contributed by atoms with Crippen molar-refractivity contribution in [3.8, 4) is 5.75 Å². The minimum Gasteiger partial charge on any atom is -0.482 e. The molecular formula is C29H20Br2N2O6S2. The standard InChI is InChI=1S/C29H20Br2N2O6S2/c30-22-7-4-8-23(31)21(22)17-41(37,38)20-10-12-27-24(15-20)32-29(34)28(40-27)14-19-9-11-26(25(13-19)33(35)36)39-16-18-5-2-1-3-6-18/h1-15H,16-17H2,(H,32,34). The largest absolute Gasteiger partial charge is 0.482 e. The Balaban J connectivity index is 1.36. The lowest BCUT2D eigenvalue weighted by Gasteiger charge is -2.20. The molecule has 0 radical (unpaired) electrons. The first-order valence-corrected chi connectivity index (χ1v) is 16.1. The maximum absolute atomic E-state index is 13.2. The van der Waals surface area contributed by atoms with E-state index in [-0.39, 0.29) is 28.7 Å². The highest BCUT2D eigenvalue weighted by atomic mass is 79.9. The van der Waals surface area contributed by atoms with Gasteiger partial charge in [-0.2, -0.15) is 0 Å². The van der Waals surface area contributed by atoms with Crippen molar-refractivity contribution in [1.82, 2.24) is 0 Å². The lowest BCUT2D eigenvalue weighted by molar-refractivity contribution is -0.386. The number of fused-ring (bicyclic) bond motifs is 1. The molecule has 1 amide bonds. The summed E-state index contributed by atoms with van der Waals surface area (Å²) >= 11 is 7.96. The van der Waals surface area contributed by atoms with E-state index in [4.69, 9.17) is 4.74 Å². The zero-order chi connectivity index (χ0) is 29.1. The number of ether oxygens (including phenoxy) is 1. The summed E-state index contributed by atoms with van der Waals surface area (Å²) in [6, 6.07) is 23.7. The maximum atomic E-state index is 13.2. The molecule has 12 heteroatoms. The van der Waals surface area contributed by atoms with Gasteiger partial charge in [0, 0.05) is 19.9 Å². The van der Waals surface area contributed by atoms with Crippen molar-refractivity contribution >= 4 is 76.8 Å². The molecule has 0 aliphatic carbocycles. The molecule has 0 saturated carbocycles. The van der Waals surface area contributed by atoms with Crippen molar-refractivity contribution in [2.45, 2.75) is 22.2 Å². The van der Waals surface area contributed by atoms with E-state index >= 15 is 0 Å². The van der Waals surface area contributed by atoms with Crippen LogP contribution in [0.15, 0.2) is 109 Å². The molecule has 0 unspecified atom stereocenters. The maximum Gasteiger partial charge on any atom is 0.311 e. The van der Waals surface area contributed by atoms with Crippen LogP contribution >= 0.6 is 43.6 Å². The number of benzene rings is 4. The van der Waals surface area contributed by atoms with E-state index in [1.165, 1.54) is 24.3 Å². The number of hydrogen-bond acceptors (Lipinski definition) is 7. The minimum atomic E-state index is -3.72. The van der Waals surface area contributed by atoms with Crippen LogP contribution in [0.5, 0.6) is 5.75 Å². The molecule has 5 rings (SSSR count). The molecule has 1 aliphatic heterocycles. The van der Waals surface area contributed by atoms with E-state index in [1.54, 1.807) is 36.4 Å². The van der Waals surface area contributed by atoms with Gasteiger partial charge >= 0.3 is 5.69 Å². The molecule has 0 spiro atoms. The van der Waals surface area contributed by atoms with E-state index in [2.05, 4.69) is 37.2 Å². The highest BCUT2D eigenvalue weighted by Gasteiger charge is 2.26. The molecule has 0 atom stereocenters. The van der Waals surface area contributed by atoms with Crippen LogP contribution in [-0.4, -0.2) is 19.2 Å². The van der Waals surface area contributed by atoms with E-state index in [9.17, 15) is 23.3 Å². The van der Waals surface area contributed by atoms with Gasteiger partial charge < -0.3 is 10.1 Å². The van der Waals surface area contributed by atoms with Crippen LogP contribution in [0.2, 0.25) is 0 Å². The zero-order valence-corrected chi connectivity index (χ0v) is 25.8. The van der Waals surface area contributed by atoms with E-state index < -0.39 is 20.7 Å². The molecule has 0 fully saturated rings. The number of carbonyl (C=O) groups is 1. The lowest BCUT2D eigenvalue weighted by atomic mass is 10.1. The second-order valence-electron chi connectivity index (χ2n) is 8.94. The Morgan fingerprint density at radius 3 is 2.39 bits per heavy atom. The first-order chi connectivity index (χ1) is 19.6.